The van der Waals surface area contributed by atoms with Gasteiger partial charge in [-0.2, -0.15) is 13.2 Å². The maximum atomic E-state index is 13.0. The molecular weight excluding hydrogens is 403 g/mol. The Kier molecular flexibility index (Phi) is 5.57. The van der Waals surface area contributed by atoms with Gasteiger partial charge in [0.15, 0.2) is 0 Å². The topological polar surface area (TPSA) is 59.4 Å². The number of hydrogen-bond acceptors (Lipinski definition) is 4. The molecular formula is C21H16F3NO3S. The lowest BCUT2D eigenvalue weighted by Crippen LogP contribution is -2.05. The number of aromatic nitrogens is 1. The molecule has 0 saturated heterocycles. The lowest BCUT2D eigenvalue weighted by Gasteiger charge is -2.15. The number of ether oxygens (including phenoxy) is 1. The minimum absolute atomic E-state index is 0.134. The summed E-state index contributed by atoms with van der Waals surface area (Å²) in [5.74, 6) is -0.790. The van der Waals surface area contributed by atoms with Crippen molar-refractivity contribution in [1.82, 2.24) is 4.98 Å². The number of benzene rings is 2. The van der Waals surface area contributed by atoms with Crippen LogP contribution in [0.5, 0.6) is 5.88 Å². The minimum atomic E-state index is -4.47. The van der Waals surface area contributed by atoms with E-state index < -0.39 is 17.7 Å². The first-order valence-corrected chi connectivity index (χ1v) is 8.85. The van der Waals surface area contributed by atoms with Crippen molar-refractivity contribution in [2.45, 2.75) is 18.0 Å². The van der Waals surface area contributed by atoms with E-state index in [4.69, 9.17) is 9.84 Å². The van der Waals surface area contributed by atoms with E-state index >= 15 is 0 Å². The van der Waals surface area contributed by atoms with Crippen molar-refractivity contribution in [3.63, 3.8) is 0 Å². The fourth-order valence-electron chi connectivity index (χ4n) is 3.01. The van der Waals surface area contributed by atoms with Gasteiger partial charge in [-0.05, 0) is 48.4 Å². The summed E-state index contributed by atoms with van der Waals surface area (Å²) in [6.45, 7) is 1.77. The van der Waals surface area contributed by atoms with E-state index in [-0.39, 0.29) is 16.3 Å². The number of hydrogen-bond donors (Lipinski definition) is 2. The monoisotopic (exact) mass is 419 g/mol. The van der Waals surface area contributed by atoms with Crippen LogP contribution in [0.1, 0.15) is 21.5 Å². The summed E-state index contributed by atoms with van der Waals surface area (Å²) in [5.41, 5.74) is 2.42. The van der Waals surface area contributed by atoms with E-state index in [0.717, 1.165) is 23.3 Å². The second-order valence-electron chi connectivity index (χ2n) is 6.35. The van der Waals surface area contributed by atoms with Gasteiger partial charge >= 0.3 is 12.1 Å². The van der Waals surface area contributed by atoms with Crippen LogP contribution in [-0.2, 0) is 6.18 Å². The second-order valence-corrected chi connectivity index (χ2v) is 6.83. The fourth-order valence-corrected chi connectivity index (χ4v) is 3.35. The number of methoxy groups -OCH3 is 1. The largest absolute Gasteiger partial charge is 0.481 e. The zero-order valence-corrected chi connectivity index (χ0v) is 16.3. The van der Waals surface area contributed by atoms with Gasteiger partial charge in [0, 0.05) is 27.8 Å². The van der Waals surface area contributed by atoms with Gasteiger partial charge in [-0.3, -0.25) is 0 Å². The van der Waals surface area contributed by atoms with Crippen molar-refractivity contribution in [2.75, 3.05) is 7.11 Å². The summed E-state index contributed by atoms with van der Waals surface area (Å²) in [4.78, 5) is 15.5. The molecule has 0 aliphatic heterocycles. The molecule has 0 bridgehead atoms. The van der Waals surface area contributed by atoms with Crippen LogP contribution in [0.15, 0.2) is 53.6 Å². The minimum Gasteiger partial charge on any atom is -0.481 e. The average molecular weight is 419 g/mol. The van der Waals surface area contributed by atoms with Crippen LogP contribution in [0, 0.1) is 6.92 Å². The predicted molar refractivity (Wildman–Crippen MR) is 106 cm³/mol. The Hall–Kier alpha value is -3.00. The van der Waals surface area contributed by atoms with Gasteiger partial charge in [-0.15, -0.1) is 12.6 Å². The van der Waals surface area contributed by atoms with Gasteiger partial charge in [-0.1, -0.05) is 12.1 Å². The molecule has 0 fully saturated rings. The Bertz CT molecular complexity index is 1100. The third-order valence-corrected chi connectivity index (χ3v) is 4.81. The maximum Gasteiger partial charge on any atom is 0.416 e. The summed E-state index contributed by atoms with van der Waals surface area (Å²) < 4.78 is 44.1. The number of aromatic carboxylic acids is 1. The highest BCUT2D eigenvalue weighted by Gasteiger charge is 2.31. The van der Waals surface area contributed by atoms with Gasteiger partial charge in [0.25, 0.3) is 0 Å². The molecule has 4 nitrogen and oxygen atoms in total. The molecule has 0 amide bonds. The summed E-state index contributed by atoms with van der Waals surface area (Å²) in [6.07, 6.45) is -2.91. The van der Waals surface area contributed by atoms with E-state index in [2.05, 4.69) is 17.6 Å². The Morgan fingerprint density at radius 2 is 1.76 bits per heavy atom. The lowest BCUT2D eigenvalue weighted by atomic mass is 9.96. The number of halogens is 3. The summed E-state index contributed by atoms with van der Waals surface area (Å²) >= 11 is 4.23. The molecule has 1 aromatic heterocycles. The first-order valence-electron chi connectivity index (χ1n) is 8.40. The Morgan fingerprint density at radius 3 is 2.31 bits per heavy atom. The van der Waals surface area contributed by atoms with Crippen LogP contribution in [0.25, 0.3) is 22.3 Å². The second kappa shape index (κ2) is 7.79. The highest BCUT2D eigenvalue weighted by molar-refractivity contribution is 7.80. The molecule has 0 saturated carbocycles. The molecule has 150 valence electrons. The molecule has 0 spiro atoms. The Labute approximate surface area is 170 Å². The molecule has 1 heterocycles. The first-order chi connectivity index (χ1) is 13.6. The van der Waals surface area contributed by atoms with Crippen molar-refractivity contribution in [3.05, 3.63) is 65.4 Å². The molecule has 8 heteroatoms. The molecule has 0 unspecified atom stereocenters. The smallest absolute Gasteiger partial charge is 0.416 e. The van der Waals surface area contributed by atoms with Gasteiger partial charge in [-0.25, -0.2) is 9.78 Å². The lowest BCUT2D eigenvalue weighted by molar-refractivity contribution is -0.137. The summed E-state index contributed by atoms with van der Waals surface area (Å²) in [6, 6.07) is 9.69. The number of alkyl halides is 3. The zero-order chi connectivity index (χ0) is 21.3. The predicted octanol–water partition coefficient (Wildman–Crippen LogP) is 5.74. The normalized spacial score (nSPS) is 11.4. The SMILES string of the molecule is COc1ncc(-c2ccc(C(=O)O)cc2C)cc1-c1ccc(C(F)(F)F)cc1S. The van der Waals surface area contributed by atoms with Crippen LogP contribution in [0.4, 0.5) is 13.2 Å². The van der Waals surface area contributed by atoms with Gasteiger partial charge < -0.3 is 9.84 Å². The summed E-state index contributed by atoms with van der Waals surface area (Å²) in [5, 5.41) is 9.12. The van der Waals surface area contributed by atoms with Crippen molar-refractivity contribution in [3.8, 4) is 28.1 Å². The molecule has 2 aromatic carbocycles. The molecule has 1 N–H and O–H groups in total. The number of aryl methyl sites for hydroxylation is 1. The van der Waals surface area contributed by atoms with Gasteiger partial charge in [0.2, 0.25) is 5.88 Å². The summed E-state index contributed by atoms with van der Waals surface area (Å²) in [7, 11) is 1.42. The number of rotatable bonds is 4. The number of thiol groups is 1. The molecule has 3 rings (SSSR count). The third kappa shape index (κ3) is 4.22. The third-order valence-electron chi connectivity index (χ3n) is 4.44. The van der Waals surface area contributed by atoms with Crippen molar-refractivity contribution in [1.29, 1.82) is 0 Å². The van der Waals surface area contributed by atoms with Crippen LogP contribution >= 0.6 is 12.6 Å². The van der Waals surface area contributed by atoms with Crippen LogP contribution in [0.3, 0.4) is 0 Å². The highest BCUT2D eigenvalue weighted by Crippen LogP contribution is 2.39. The fraction of sp³-hybridized carbons (Fsp3) is 0.143. The molecule has 29 heavy (non-hydrogen) atoms. The molecule has 0 atom stereocenters. The molecule has 0 aliphatic carbocycles. The van der Waals surface area contributed by atoms with Gasteiger partial charge in [0.05, 0.1) is 18.2 Å². The van der Waals surface area contributed by atoms with E-state index in [1.807, 2.05) is 0 Å². The van der Waals surface area contributed by atoms with Crippen LogP contribution in [0.2, 0.25) is 0 Å². The average Bonchev–Trinajstić information content (AvgIpc) is 2.66. The number of carboxylic acids is 1. The van der Waals surface area contributed by atoms with E-state index in [9.17, 15) is 18.0 Å². The first kappa shape index (κ1) is 20.7. The van der Waals surface area contributed by atoms with E-state index in [0.29, 0.717) is 16.7 Å². The van der Waals surface area contributed by atoms with Crippen LogP contribution in [-0.4, -0.2) is 23.2 Å². The van der Waals surface area contributed by atoms with Gasteiger partial charge in [0.1, 0.15) is 0 Å². The highest BCUT2D eigenvalue weighted by atomic mass is 32.1. The molecule has 0 aliphatic rings. The molecule has 3 aromatic rings. The standard InChI is InChI=1S/C21H16F3NO3S/c1-11-7-12(20(26)27)3-5-15(11)13-8-17(19(28-2)25-10-13)16-6-4-14(9-18(16)29)21(22,23)24/h3-10,29H,1-2H3,(H,26,27). The van der Waals surface area contributed by atoms with Crippen molar-refractivity contribution < 1.29 is 27.8 Å². The maximum absolute atomic E-state index is 13.0. The molecule has 0 radical (unpaired) electrons. The van der Waals surface area contributed by atoms with Crippen LogP contribution < -0.4 is 4.74 Å². The number of nitrogens with zero attached hydrogens (tertiary/aromatic N) is 1. The van der Waals surface area contributed by atoms with Crippen molar-refractivity contribution in [2.24, 2.45) is 0 Å². The van der Waals surface area contributed by atoms with Crippen molar-refractivity contribution >= 4 is 18.6 Å². The Morgan fingerprint density at radius 1 is 1.07 bits per heavy atom. The number of pyridine rings is 1. The van der Waals surface area contributed by atoms with E-state index in [1.54, 1.807) is 31.3 Å². The quantitative estimate of drug-likeness (QED) is 0.530. The zero-order valence-electron chi connectivity index (χ0n) is 15.4. The number of carboxylic acid groups (broad SMARTS) is 1. The van der Waals surface area contributed by atoms with E-state index in [1.165, 1.54) is 19.2 Å². The Balaban J connectivity index is 2.13. The number of carbonyl (C=O) groups is 1.